The van der Waals surface area contributed by atoms with Gasteiger partial charge in [0.2, 0.25) is 0 Å². The molecule has 0 fully saturated rings. The summed E-state index contributed by atoms with van der Waals surface area (Å²) in [6.45, 7) is 1.52. The molecule has 0 saturated heterocycles. The lowest BCUT2D eigenvalue weighted by atomic mass is 10.1. The van der Waals surface area contributed by atoms with Gasteiger partial charge in [0, 0.05) is 6.54 Å². The van der Waals surface area contributed by atoms with E-state index >= 15 is 0 Å². The van der Waals surface area contributed by atoms with Gasteiger partial charge in [-0.15, -0.1) is 0 Å². The number of halogens is 1. The second-order valence-electron chi connectivity index (χ2n) is 5.09. The molecule has 112 valence electrons. The Morgan fingerprint density at radius 3 is 2.52 bits per heavy atom. The molecule has 0 bridgehead atoms. The van der Waals surface area contributed by atoms with Crippen molar-refractivity contribution in [1.82, 2.24) is 5.32 Å². The normalized spacial score (nSPS) is 10.6. The van der Waals surface area contributed by atoms with Gasteiger partial charge in [-0.2, -0.15) is 0 Å². The third-order valence-electron chi connectivity index (χ3n) is 3.34. The minimum Gasteiger partial charge on any atom is -0.492 e. The molecule has 2 rings (SSSR count). The Kier molecular flexibility index (Phi) is 6.58. The molecule has 0 unspecified atom stereocenters. The molecule has 0 aromatic heterocycles. The van der Waals surface area contributed by atoms with Crippen molar-refractivity contribution < 1.29 is 4.74 Å². The lowest BCUT2D eigenvalue weighted by Gasteiger charge is -2.09. The molecule has 0 heterocycles. The molecule has 0 aliphatic heterocycles. The van der Waals surface area contributed by atoms with Crippen molar-refractivity contribution in [2.75, 3.05) is 13.7 Å². The highest BCUT2D eigenvalue weighted by molar-refractivity contribution is 6.32. The number of benzene rings is 2. The van der Waals surface area contributed by atoms with Gasteiger partial charge in [0.05, 0.1) is 11.6 Å². The zero-order valence-electron chi connectivity index (χ0n) is 12.4. The van der Waals surface area contributed by atoms with Crippen LogP contribution in [0.2, 0.25) is 5.02 Å². The van der Waals surface area contributed by atoms with E-state index in [0.717, 1.165) is 31.6 Å². The summed E-state index contributed by atoms with van der Waals surface area (Å²) in [5.74, 6) is 0.774. The minimum absolute atomic E-state index is 0.686. The second kappa shape index (κ2) is 8.71. The van der Waals surface area contributed by atoms with Crippen molar-refractivity contribution >= 4 is 11.6 Å². The molecule has 2 aromatic rings. The molecule has 0 radical (unpaired) electrons. The van der Waals surface area contributed by atoms with Crippen LogP contribution in [0.1, 0.15) is 24.0 Å². The van der Waals surface area contributed by atoms with Crippen LogP contribution in [0.4, 0.5) is 0 Å². The topological polar surface area (TPSA) is 21.3 Å². The summed E-state index contributed by atoms with van der Waals surface area (Å²) < 4.78 is 5.76. The highest BCUT2D eigenvalue weighted by Crippen LogP contribution is 2.25. The molecule has 0 aliphatic carbocycles. The number of unbranched alkanes of at least 4 members (excludes halogenated alkanes) is 1. The number of ether oxygens (including phenoxy) is 1. The number of aryl methyl sites for hydroxylation is 1. The molecular formula is C18H22ClNO. The van der Waals surface area contributed by atoms with E-state index in [1.54, 1.807) is 0 Å². The standard InChI is InChI=1S/C18H22ClNO/c1-20-14-16-10-11-18(17(19)13-16)21-12-6-5-9-15-7-3-2-4-8-15/h2-4,7-8,10-11,13,20H,5-6,9,12,14H2,1H3. The van der Waals surface area contributed by atoms with Gasteiger partial charge < -0.3 is 10.1 Å². The maximum atomic E-state index is 6.22. The van der Waals surface area contributed by atoms with Crippen LogP contribution in [0, 0.1) is 0 Å². The molecule has 2 nitrogen and oxygen atoms in total. The summed E-state index contributed by atoms with van der Waals surface area (Å²) in [5.41, 5.74) is 2.55. The first kappa shape index (κ1) is 15.9. The third-order valence-corrected chi connectivity index (χ3v) is 3.63. The van der Waals surface area contributed by atoms with Crippen LogP contribution in [0.5, 0.6) is 5.75 Å². The molecule has 2 aromatic carbocycles. The van der Waals surface area contributed by atoms with Crippen molar-refractivity contribution in [2.24, 2.45) is 0 Å². The molecule has 0 saturated carbocycles. The van der Waals surface area contributed by atoms with Crippen LogP contribution in [-0.4, -0.2) is 13.7 Å². The number of hydrogen-bond acceptors (Lipinski definition) is 2. The Bertz CT molecular complexity index is 542. The SMILES string of the molecule is CNCc1ccc(OCCCCc2ccccc2)c(Cl)c1. The summed E-state index contributed by atoms with van der Waals surface area (Å²) in [5, 5.41) is 3.79. The fourth-order valence-electron chi connectivity index (χ4n) is 2.23. The van der Waals surface area contributed by atoms with E-state index in [-0.39, 0.29) is 0 Å². The fraction of sp³-hybridized carbons (Fsp3) is 0.333. The van der Waals surface area contributed by atoms with Gasteiger partial charge in [-0.25, -0.2) is 0 Å². The van der Waals surface area contributed by atoms with Gasteiger partial charge in [0.25, 0.3) is 0 Å². The van der Waals surface area contributed by atoms with Crippen LogP contribution in [-0.2, 0) is 13.0 Å². The molecule has 0 spiro atoms. The van der Waals surface area contributed by atoms with Gasteiger partial charge in [-0.3, -0.25) is 0 Å². The Hall–Kier alpha value is -1.51. The monoisotopic (exact) mass is 303 g/mol. The average molecular weight is 304 g/mol. The lowest BCUT2D eigenvalue weighted by molar-refractivity contribution is 0.307. The summed E-state index contributed by atoms with van der Waals surface area (Å²) in [4.78, 5) is 0. The van der Waals surface area contributed by atoms with E-state index in [2.05, 4.69) is 29.6 Å². The zero-order valence-corrected chi connectivity index (χ0v) is 13.2. The molecule has 3 heteroatoms. The first-order chi connectivity index (χ1) is 10.3. The van der Waals surface area contributed by atoms with Crippen LogP contribution in [0.15, 0.2) is 48.5 Å². The molecule has 0 amide bonds. The predicted octanol–water partition coefficient (Wildman–Crippen LogP) is 4.46. The Balaban J connectivity index is 1.71. The van der Waals surface area contributed by atoms with Crippen LogP contribution >= 0.6 is 11.6 Å². The van der Waals surface area contributed by atoms with Crippen molar-refractivity contribution in [3.05, 3.63) is 64.7 Å². The van der Waals surface area contributed by atoms with Gasteiger partial charge >= 0.3 is 0 Å². The van der Waals surface area contributed by atoms with Crippen molar-refractivity contribution in [1.29, 1.82) is 0 Å². The van der Waals surface area contributed by atoms with Gasteiger partial charge in [0.15, 0.2) is 0 Å². The van der Waals surface area contributed by atoms with Crippen molar-refractivity contribution in [3.63, 3.8) is 0 Å². The fourth-order valence-corrected chi connectivity index (χ4v) is 2.49. The van der Waals surface area contributed by atoms with E-state index in [1.165, 1.54) is 11.1 Å². The molecular weight excluding hydrogens is 282 g/mol. The van der Waals surface area contributed by atoms with E-state index in [0.29, 0.717) is 11.6 Å². The first-order valence-corrected chi connectivity index (χ1v) is 7.77. The molecule has 21 heavy (non-hydrogen) atoms. The Morgan fingerprint density at radius 1 is 1.00 bits per heavy atom. The maximum Gasteiger partial charge on any atom is 0.137 e. The summed E-state index contributed by atoms with van der Waals surface area (Å²) in [6.07, 6.45) is 3.25. The van der Waals surface area contributed by atoms with Crippen LogP contribution in [0.3, 0.4) is 0 Å². The number of hydrogen-bond donors (Lipinski definition) is 1. The average Bonchev–Trinajstić information content (AvgIpc) is 2.50. The molecule has 1 N–H and O–H groups in total. The van der Waals surface area contributed by atoms with E-state index < -0.39 is 0 Å². The summed E-state index contributed by atoms with van der Waals surface area (Å²) >= 11 is 6.22. The van der Waals surface area contributed by atoms with Gasteiger partial charge in [-0.05, 0) is 49.6 Å². The summed E-state index contributed by atoms with van der Waals surface area (Å²) in [6, 6.07) is 16.5. The van der Waals surface area contributed by atoms with Crippen LogP contribution in [0.25, 0.3) is 0 Å². The lowest BCUT2D eigenvalue weighted by Crippen LogP contribution is -2.05. The molecule has 0 atom stereocenters. The van der Waals surface area contributed by atoms with Crippen LogP contribution < -0.4 is 10.1 Å². The van der Waals surface area contributed by atoms with E-state index in [4.69, 9.17) is 16.3 Å². The van der Waals surface area contributed by atoms with E-state index in [9.17, 15) is 0 Å². The van der Waals surface area contributed by atoms with Crippen molar-refractivity contribution in [2.45, 2.75) is 25.8 Å². The second-order valence-corrected chi connectivity index (χ2v) is 5.49. The highest BCUT2D eigenvalue weighted by atomic mass is 35.5. The minimum atomic E-state index is 0.686. The Morgan fingerprint density at radius 2 is 1.81 bits per heavy atom. The van der Waals surface area contributed by atoms with E-state index in [1.807, 2.05) is 31.3 Å². The largest absolute Gasteiger partial charge is 0.492 e. The number of nitrogens with one attached hydrogen (secondary N) is 1. The Labute approximate surface area is 132 Å². The zero-order chi connectivity index (χ0) is 14.9. The maximum absolute atomic E-state index is 6.22. The highest BCUT2D eigenvalue weighted by Gasteiger charge is 2.03. The van der Waals surface area contributed by atoms with Gasteiger partial charge in [0.1, 0.15) is 5.75 Å². The number of rotatable bonds is 8. The predicted molar refractivity (Wildman–Crippen MR) is 89.1 cm³/mol. The smallest absolute Gasteiger partial charge is 0.137 e. The quantitative estimate of drug-likeness (QED) is 0.727. The van der Waals surface area contributed by atoms with Gasteiger partial charge in [-0.1, -0.05) is 48.0 Å². The third kappa shape index (κ3) is 5.41. The first-order valence-electron chi connectivity index (χ1n) is 7.39. The molecule has 0 aliphatic rings. The summed E-state index contributed by atoms with van der Waals surface area (Å²) in [7, 11) is 1.92. The van der Waals surface area contributed by atoms with Crippen molar-refractivity contribution in [3.8, 4) is 5.75 Å².